The van der Waals surface area contributed by atoms with Crippen molar-refractivity contribution in [2.45, 2.75) is 39.7 Å². The molecule has 2 nitrogen and oxygen atoms in total. The molecule has 0 fully saturated rings. The summed E-state index contributed by atoms with van der Waals surface area (Å²) in [6, 6.07) is 9.26. The summed E-state index contributed by atoms with van der Waals surface area (Å²) in [5.74, 6) is 0. The van der Waals surface area contributed by atoms with Crippen LogP contribution in [-0.2, 0) is 12.8 Å². The van der Waals surface area contributed by atoms with Gasteiger partial charge in [-0.2, -0.15) is 0 Å². The fourth-order valence-corrected chi connectivity index (χ4v) is 2.74. The van der Waals surface area contributed by atoms with Crippen LogP contribution < -0.4 is 5.32 Å². The quantitative estimate of drug-likeness (QED) is 0.864. The van der Waals surface area contributed by atoms with E-state index in [4.69, 9.17) is 4.98 Å². The molecule has 19 heavy (non-hydrogen) atoms. The minimum Gasteiger partial charge on any atom is -0.314 e. The van der Waals surface area contributed by atoms with Crippen LogP contribution in [0.5, 0.6) is 0 Å². The van der Waals surface area contributed by atoms with Crippen molar-refractivity contribution in [2.75, 3.05) is 6.54 Å². The smallest absolute Gasteiger partial charge is 0.0945 e. The van der Waals surface area contributed by atoms with E-state index in [0.717, 1.165) is 25.1 Å². The van der Waals surface area contributed by atoms with Crippen molar-refractivity contribution in [3.8, 4) is 11.3 Å². The van der Waals surface area contributed by atoms with Crippen LogP contribution in [0.1, 0.15) is 31.3 Å². The zero-order valence-corrected chi connectivity index (χ0v) is 12.8. The molecule has 0 bridgehead atoms. The normalized spacial score (nSPS) is 11.2. The monoisotopic (exact) mass is 274 g/mol. The molecule has 0 aliphatic carbocycles. The summed E-state index contributed by atoms with van der Waals surface area (Å²) in [6.07, 6.45) is 2.10. The van der Waals surface area contributed by atoms with Crippen LogP contribution in [0.2, 0.25) is 0 Å². The predicted octanol–water partition coefficient (Wildman–Crippen LogP) is 3.91. The number of rotatable bonds is 6. The van der Waals surface area contributed by atoms with Gasteiger partial charge in [-0.15, -0.1) is 11.3 Å². The summed E-state index contributed by atoms with van der Waals surface area (Å²) in [6.45, 7) is 7.52. The highest BCUT2D eigenvalue weighted by Gasteiger charge is 2.04. The second-order valence-electron chi connectivity index (χ2n) is 5.04. The molecule has 0 unspecified atom stereocenters. The largest absolute Gasteiger partial charge is 0.314 e. The minimum atomic E-state index is 0.543. The Bertz CT molecular complexity index is 500. The summed E-state index contributed by atoms with van der Waals surface area (Å²) >= 11 is 1.75. The summed E-state index contributed by atoms with van der Waals surface area (Å²) in [5.41, 5.74) is 3.70. The average Bonchev–Trinajstić information content (AvgIpc) is 2.87. The van der Waals surface area contributed by atoms with E-state index >= 15 is 0 Å². The number of benzene rings is 1. The molecule has 1 N–H and O–H groups in total. The van der Waals surface area contributed by atoms with E-state index in [1.54, 1.807) is 11.3 Å². The van der Waals surface area contributed by atoms with Gasteiger partial charge in [0.05, 0.1) is 10.7 Å². The van der Waals surface area contributed by atoms with Gasteiger partial charge in [0, 0.05) is 30.0 Å². The van der Waals surface area contributed by atoms with Crippen LogP contribution in [0.4, 0.5) is 0 Å². The third-order valence-electron chi connectivity index (χ3n) is 3.10. The van der Waals surface area contributed by atoms with Crippen molar-refractivity contribution >= 4 is 11.3 Å². The van der Waals surface area contributed by atoms with Gasteiger partial charge in [0.25, 0.3) is 0 Å². The van der Waals surface area contributed by atoms with Crippen molar-refractivity contribution in [1.82, 2.24) is 10.3 Å². The van der Waals surface area contributed by atoms with Gasteiger partial charge in [-0.1, -0.05) is 45.0 Å². The molecular formula is C16H22N2S. The molecule has 0 aliphatic rings. The van der Waals surface area contributed by atoms with E-state index in [1.165, 1.54) is 16.1 Å². The number of thiazole rings is 1. The molecule has 0 aliphatic heterocycles. The predicted molar refractivity (Wildman–Crippen MR) is 83.8 cm³/mol. The van der Waals surface area contributed by atoms with Crippen molar-refractivity contribution in [2.24, 2.45) is 0 Å². The maximum absolute atomic E-state index is 4.71. The van der Waals surface area contributed by atoms with Crippen LogP contribution in [0.3, 0.4) is 0 Å². The first-order chi connectivity index (χ1) is 9.19. The Morgan fingerprint density at radius 1 is 1.21 bits per heavy atom. The van der Waals surface area contributed by atoms with Gasteiger partial charge in [-0.3, -0.25) is 0 Å². The maximum Gasteiger partial charge on any atom is 0.0945 e. The zero-order chi connectivity index (χ0) is 13.7. The van der Waals surface area contributed by atoms with Crippen molar-refractivity contribution in [1.29, 1.82) is 0 Å². The van der Waals surface area contributed by atoms with Gasteiger partial charge in [0.15, 0.2) is 0 Å². The molecule has 0 saturated carbocycles. The van der Waals surface area contributed by atoms with Gasteiger partial charge in [0.2, 0.25) is 0 Å². The van der Waals surface area contributed by atoms with Crippen LogP contribution in [0.25, 0.3) is 11.3 Å². The number of aryl methyl sites for hydroxylation is 1. The standard InChI is InChI=1S/C16H22N2S/c1-4-13-5-7-14(8-6-13)15-11-19-16(18-15)9-10-17-12(2)3/h5-8,11-12,17H,4,9-10H2,1-3H3. The van der Waals surface area contributed by atoms with E-state index in [0.29, 0.717) is 6.04 Å². The molecule has 1 aromatic heterocycles. The summed E-state index contributed by atoms with van der Waals surface area (Å²) in [7, 11) is 0. The molecule has 1 aromatic carbocycles. The number of hydrogen-bond acceptors (Lipinski definition) is 3. The Labute approximate surface area is 119 Å². The van der Waals surface area contributed by atoms with Gasteiger partial charge in [0.1, 0.15) is 0 Å². The van der Waals surface area contributed by atoms with Gasteiger partial charge in [-0.05, 0) is 12.0 Å². The summed E-state index contributed by atoms with van der Waals surface area (Å²) < 4.78 is 0. The van der Waals surface area contributed by atoms with Crippen LogP contribution in [0, 0.1) is 0 Å². The Kier molecular flexibility index (Phi) is 5.11. The average molecular weight is 274 g/mol. The van der Waals surface area contributed by atoms with E-state index < -0.39 is 0 Å². The topological polar surface area (TPSA) is 24.9 Å². The SMILES string of the molecule is CCc1ccc(-c2csc(CCNC(C)C)n2)cc1. The van der Waals surface area contributed by atoms with Gasteiger partial charge >= 0.3 is 0 Å². The Morgan fingerprint density at radius 2 is 1.95 bits per heavy atom. The zero-order valence-electron chi connectivity index (χ0n) is 11.9. The van der Waals surface area contributed by atoms with Crippen LogP contribution in [-0.4, -0.2) is 17.6 Å². The lowest BCUT2D eigenvalue weighted by molar-refractivity contribution is 0.590. The molecule has 0 radical (unpaired) electrons. The minimum absolute atomic E-state index is 0.543. The molecule has 2 aromatic rings. The molecule has 0 amide bonds. The number of nitrogens with one attached hydrogen (secondary N) is 1. The summed E-state index contributed by atoms with van der Waals surface area (Å²) in [5, 5.41) is 6.79. The lowest BCUT2D eigenvalue weighted by Gasteiger charge is -2.05. The Morgan fingerprint density at radius 3 is 2.58 bits per heavy atom. The first kappa shape index (κ1) is 14.2. The second kappa shape index (κ2) is 6.83. The van der Waals surface area contributed by atoms with E-state index in [9.17, 15) is 0 Å². The van der Waals surface area contributed by atoms with Crippen LogP contribution in [0.15, 0.2) is 29.6 Å². The van der Waals surface area contributed by atoms with E-state index in [2.05, 4.69) is 55.7 Å². The Hall–Kier alpha value is -1.19. The lowest BCUT2D eigenvalue weighted by Crippen LogP contribution is -2.24. The van der Waals surface area contributed by atoms with E-state index in [-0.39, 0.29) is 0 Å². The lowest BCUT2D eigenvalue weighted by atomic mass is 10.1. The van der Waals surface area contributed by atoms with Gasteiger partial charge < -0.3 is 5.32 Å². The molecule has 2 rings (SSSR count). The number of hydrogen-bond donors (Lipinski definition) is 1. The molecule has 3 heteroatoms. The highest BCUT2D eigenvalue weighted by molar-refractivity contribution is 7.09. The fourth-order valence-electron chi connectivity index (χ4n) is 1.94. The molecule has 0 atom stereocenters. The number of aromatic nitrogens is 1. The first-order valence-corrected chi connectivity index (χ1v) is 7.84. The van der Waals surface area contributed by atoms with Crippen molar-refractivity contribution < 1.29 is 0 Å². The first-order valence-electron chi connectivity index (χ1n) is 6.96. The van der Waals surface area contributed by atoms with E-state index in [1.807, 2.05) is 0 Å². The van der Waals surface area contributed by atoms with Crippen LogP contribution >= 0.6 is 11.3 Å². The molecule has 0 saturated heterocycles. The highest BCUT2D eigenvalue weighted by atomic mass is 32.1. The third kappa shape index (κ3) is 4.15. The molecule has 102 valence electrons. The Balaban J connectivity index is 1.99. The molecular weight excluding hydrogens is 252 g/mol. The maximum atomic E-state index is 4.71. The summed E-state index contributed by atoms with van der Waals surface area (Å²) in [4.78, 5) is 4.71. The van der Waals surface area contributed by atoms with Crippen molar-refractivity contribution in [3.05, 3.63) is 40.2 Å². The highest BCUT2D eigenvalue weighted by Crippen LogP contribution is 2.22. The fraction of sp³-hybridized carbons (Fsp3) is 0.438. The van der Waals surface area contributed by atoms with Gasteiger partial charge in [-0.25, -0.2) is 4.98 Å². The third-order valence-corrected chi connectivity index (χ3v) is 4.01. The van der Waals surface area contributed by atoms with Crippen molar-refractivity contribution in [3.63, 3.8) is 0 Å². The second-order valence-corrected chi connectivity index (χ2v) is 5.98. The molecule has 1 heterocycles. The number of nitrogens with zero attached hydrogens (tertiary/aromatic N) is 1. The molecule has 0 spiro atoms.